The van der Waals surface area contributed by atoms with Gasteiger partial charge in [-0.05, 0) is 47.9 Å². The van der Waals surface area contributed by atoms with Gasteiger partial charge in [-0.3, -0.25) is 0 Å². The molecule has 2 saturated heterocycles. The summed E-state index contributed by atoms with van der Waals surface area (Å²) in [5.74, 6) is 0. The maximum Gasteiger partial charge on any atom is 0.295 e. The highest BCUT2D eigenvalue weighted by Crippen LogP contribution is 2.39. The number of hydrogen-bond donors (Lipinski definition) is 2. The number of benzene rings is 3. The number of imidazole rings is 1. The Balaban J connectivity index is 1.23. The molecular weight excluding hydrogens is 516 g/mol. The van der Waals surface area contributed by atoms with Crippen molar-refractivity contribution in [3.63, 3.8) is 0 Å². The van der Waals surface area contributed by atoms with Crippen molar-refractivity contribution in [3.8, 4) is 28.3 Å². The van der Waals surface area contributed by atoms with Crippen molar-refractivity contribution in [3.05, 3.63) is 65.7 Å². The SMILES string of the molecule is C[C@]12OC[C@@H](Oc3nc4cc(-c5ccc(-c6ccc(S(C)(=O)=O)cc6)cc5)c(Cl)cc4[nH]3)[C@H]1OC[C@H]2O. The number of fused-ring (bicyclic) bond motifs is 2. The Morgan fingerprint density at radius 3 is 2.38 bits per heavy atom. The highest BCUT2D eigenvalue weighted by molar-refractivity contribution is 7.90. The van der Waals surface area contributed by atoms with Crippen LogP contribution in [0, 0.1) is 0 Å². The smallest absolute Gasteiger partial charge is 0.295 e. The van der Waals surface area contributed by atoms with E-state index >= 15 is 0 Å². The number of aromatic nitrogens is 2. The molecule has 6 rings (SSSR count). The first kappa shape index (κ1) is 24.4. The van der Waals surface area contributed by atoms with Crippen LogP contribution in [-0.4, -0.2) is 66.9 Å². The number of hydrogen-bond acceptors (Lipinski definition) is 7. The van der Waals surface area contributed by atoms with Crippen molar-refractivity contribution in [2.24, 2.45) is 0 Å². The zero-order valence-electron chi connectivity index (χ0n) is 20.1. The molecule has 0 bridgehead atoms. The van der Waals surface area contributed by atoms with Crippen molar-refractivity contribution < 1.29 is 27.7 Å². The van der Waals surface area contributed by atoms with Gasteiger partial charge in [-0.1, -0.05) is 48.0 Å². The average molecular weight is 541 g/mol. The van der Waals surface area contributed by atoms with Crippen LogP contribution in [0.1, 0.15) is 6.92 Å². The molecule has 192 valence electrons. The number of rotatable bonds is 5. The molecule has 0 saturated carbocycles. The predicted molar refractivity (Wildman–Crippen MR) is 140 cm³/mol. The molecule has 4 aromatic rings. The summed E-state index contributed by atoms with van der Waals surface area (Å²) in [7, 11) is -3.24. The van der Waals surface area contributed by atoms with Crippen LogP contribution >= 0.6 is 11.6 Å². The molecule has 2 aliphatic rings. The van der Waals surface area contributed by atoms with Gasteiger partial charge < -0.3 is 24.3 Å². The molecule has 10 heteroatoms. The van der Waals surface area contributed by atoms with Gasteiger partial charge in [0.2, 0.25) is 0 Å². The summed E-state index contributed by atoms with van der Waals surface area (Å²) < 4.78 is 41.0. The number of H-pyrrole nitrogens is 1. The molecule has 0 spiro atoms. The number of nitrogens with zero attached hydrogens (tertiary/aromatic N) is 1. The van der Waals surface area contributed by atoms with Crippen LogP contribution in [0.2, 0.25) is 5.02 Å². The lowest BCUT2D eigenvalue weighted by atomic mass is 9.95. The maximum atomic E-state index is 11.7. The second-order valence-corrected chi connectivity index (χ2v) is 12.1. The van der Waals surface area contributed by atoms with Crippen molar-refractivity contribution in [1.82, 2.24) is 9.97 Å². The Morgan fingerprint density at radius 1 is 1.05 bits per heavy atom. The van der Waals surface area contributed by atoms with Crippen molar-refractivity contribution in [1.29, 1.82) is 0 Å². The first-order valence-corrected chi connectivity index (χ1v) is 14.1. The summed E-state index contributed by atoms with van der Waals surface area (Å²) in [4.78, 5) is 8.04. The lowest BCUT2D eigenvalue weighted by Crippen LogP contribution is -2.45. The Morgan fingerprint density at radius 2 is 1.70 bits per heavy atom. The minimum absolute atomic E-state index is 0.213. The molecular formula is C27H25ClN2O6S. The molecule has 2 N–H and O–H groups in total. The summed E-state index contributed by atoms with van der Waals surface area (Å²) in [6.45, 7) is 2.34. The van der Waals surface area contributed by atoms with Gasteiger partial charge in [0.25, 0.3) is 6.01 Å². The monoisotopic (exact) mass is 540 g/mol. The summed E-state index contributed by atoms with van der Waals surface area (Å²) in [6.07, 6.45) is -0.270. The van der Waals surface area contributed by atoms with Crippen LogP contribution in [0.5, 0.6) is 6.01 Å². The first-order valence-electron chi connectivity index (χ1n) is 11.8. The third kappa shape index (κ3) is 4.30. The van der Waals surface area contributed by atoms with Gasteiger partial charge in [0.1, 0.15) is 17.8 Å². The van der Waals surface area contributed by atoms with E-state index < -0.39 is 27.6 Å². The number of nitrogens with one attached hydrogen (secondary N) is 1. The standard InChI is InChI=1S/C27H25ClN2O6S/c1-27-24(31)14-34-25(27)23(13-35-27)36-26-29-21-11-19(20(28)12-22(21)30-26)17-5-3-15(4-6-17)16-7-9-18(10-8-16)37(2,32)33/h3-12,23-25,31H,13-14H2,1-2H3,(H,29,30)/t23-,24-,25-,27-/m1/s1. The van der Waals surface area contributed by atoms with Crippen LogP contribution in [-0.2, 0) is 19.3 Å². The minimum atomic E-state index is -3.24. The molecule has 0 unspecified atom stereocenters. The van der Waals surface area contributed by atoms with Crippen LogP contribution in [0.4, 0.5) is 0 Å². The average Bonchev–Trinajstić information content (AvgIpc) is 3.51. The third-order valence-corrected chi connectivity index (χ3v) is 8.62. The summed E-state index contributed by atoms with van der Waals surface area (Å²) >= 11 is 6.63. The van der Waals surface area contributed by atoms with Crippen LogP contribution in [0.15, 0.2) is 65.6 Å². The third-order valence-electron chi connectivity index (χ3n) is 7.18. The first-order chi connectivity index (χ1) is 17.6. The second kappa shape index (κ2) is 8.82. The highest BCUT2D eigenvalue weighted by Gasteiger charge is 2.58. The van der Waals surface area contributed by atoms with E-state index in [4.69, 9.17) is 25.8 Å². The molecule has 37 heavy (non-hydrogen) atoms. The van der Waals surface area contributed by atoms with Gasteiger partial charge in [-0.2, -0.15) is 4.98 Å². The fourth-order valence-corrected chi connectivity index (χ4v) is 5.88. The minimum Gasteiger partial charge on any atom is -0.456 e. The highest BCUT2D eigenvalue weighted by atomic mass is 35.5. The summed E-state index contributed by atoms with van der Waals surface area (Å²) in [6, 6.07) is 18.7. The number of aromatic amines is 1. The molecule has 4 atom stereocenters. The van der Waals surface area contributed by atoms with Gasteiger partial charge >= 0.3 is 0 Å². The quantitative estimate of drug-likeness (QED) is 0.389. The van der Waals surface area contributed by atoms with E-state index in [1.807, 2.05) is 43.3 Å². The number of aliphatic hydroxyl groups is 1. The molecule has 8 nitrogen and oxygen atoms in total. The molecule has 3 aromatic carbocycles. The molecule has 1 aromatic heterocycles. The van der Waals surface area contributed by atoms with E-state index in [2.05, 4.69) is 9.97 Å². The maximum absolute atomic E-state index is 11.7. The fraction of sp³-hybridized carbons (Fsp3) is 0.296. The van der Waals surface area contributed by atoms with Gasteiger partial charge in [0, 0.05) is 11.8 Å². The molecule has 0 radical (unpaired) electrons. The van der Waals surface area contributed by atoms with E-state index in [1.54, 1.807) is 24.3 Å². The molecule has 2 aliphatic heterocycles. The van der Waals surface area contributed by atoms with Gasteiger partial charge in [0.05, 0.1) is 34.2 Å². The topological polar surface area (TPSA) is 111 Å². The largest absolute Gasteiger partial charge is 0.456 e. The Bertz CT molecular complexity index is 1590. The van der Waals surface area contributed by atoms with Gasteiger partial charge in [-0.25, -0.2) is 8.42 Å². The van der Waals surface area contributed by atoms with Crippen LogP contribution in [0.3, 0.4) is 0 Å². The van der Waals surface area contributed by atoms with E-state index in [9.17, 15) is 13.5 Å². The Hall–Kier alpha value is -2.95. The van der Waals surface area contributed by atoms with E-state index in [0.717, 1.165) is 27.8 Å². The molecule has 0 amide bonds. The number of ether oxygens (including phenoxy) is 3. The fourth-order valence-electron chi connectivity index (χ4n) is 4.98. The molecule has 3 heterocycles. The number of aliphatic hydroxyl groups excluding tert-OH is 1. The lowest BCUT2D eigenvalue weighted by Gasteiger charge is -2.25. The van der Waals surface area contributed by atoms with E-state index in [1.165, 1.54) is 6.26 Å². The number of sulfone groups is 1. The predicted octanol–water partition coefficient (Wildman–Crippen LogP) is 4.25. The summed E-state index contributed by atoms with van der Waals surface area (Å²) in [5, 5.41) is 10.7. The van der Waals surface area contributed by atoms with E-state index in [0.29, 0.717) is 23.2 Å². The molecule has 2 fully saturated rings. The van der Waals surface area contributed by atoms with Gasteiger partial charge in [-0.15, -0.1) is 0 Å². The zero-order chi connectivity index (χ0) is 25.9. The Labute approximate surface area is 219 Å². The second-order valence-electron chi connectivity index (χ2n) is 9.69. The normalized spacial score (nSPS) is 25.5. The summed E-state index contributed by atoms with van der Waals surface area (Å²) in [5.41, 5.74) is 4.27. The van der Waals surface area contributed by atoms with Crippen LogP contribution < -0.4 is 4.74 Å². The van der Waals surface area contributed by atoms with Crippen LogP contribution in [0.25, 0.3) is 33.3 Å². The molecule has 0 aliphatic carbocycles. The van der Waals surface area contributed by atoms with E-state index in [-0.39, 0.29) is 17.6 Å². The number of halogens is 1. The Kier molecular flexibility index (Phi) is 5.81. The van der Waals surface area contributed by atoms with Crippen molar-refractivity contribution in [2.75, 3.05) is 19.5 Å². The van der Waals surface area contributed by atoms with Crippen molar-refractivity contribution in [2.45, 2.75) is 35.7 Å². The lowest BCUT2D eigenvalue weighted by molar-refractivity contribution is -0.0621. The van der Waals surface area contributed by atoms with Crippen molar-refractivity contribution >= 4 is 32.5 Å². The zero-order valence-corrected chi connectivity index (χ0v) is 21.7. The van der Waals surface area contributed by atoms with Gasteiger partial charge in [0.15, 0.2) is 15.9 Å².